The fourth-order valence-corrected chi connectivity index (χ4v) is 2.56. The zero-order valence-corrected chi connectivity index (χ0v) is 14.5. The SMILES string of the molecule is N#Cc1ccc(C(=O)Nc2nonc2/C(Cc2cccc(Cl)c2)=N/O)cc1. The van der Waals surface area contributed by atoms with Crippen LogP contribution in [0, 0.1) is 11.3 Å². The Morgan fingerprint density at radius 3 is 2.70 bits per heavy atom. The van der Waals surface area contributed by atoms with Crippen molar-refractivity contribution in [3.63, 3.8) is 0 Å². The van der Waals surface area contributed by atoms with Crippen molar-refractivity contribution >= 4 is 29.0 Å². The minimum atomic E-state index is -0.475. The summed E-state index contributed by atoms with van der Waals surface area (Å²) in [6.07, 6.45) is 0.199. The monoisotopic (exact) mass is 381 g/mol. The lowest BCUT2D eigenvalue weighted by molar-refractivity contribution is 0.102. The third-order valence-corrected chi connectivity index (χ3v) is 3.89. The molecule has 0 atom stereocenters. The molecule has 2 N–H and O–H groups in total. The second-order valence-electron chi connectivity index (χ2n) is 5.46. The topological polar surface area (TPSA) is 124 Å². The fourth-order valence-electron chi connectivity index (χ4n) is 2.34. The molecule has 0 saturated heterocycles. The van der Waals surface area contributed by atoms with Gasteiger partial charge in [0.25, 0.3) is 5.91 Å². The molecule has 134 valence electrons. The van der Waals surface area contributed by atoms with Crippen LogP contribution in [0.1, 0.15) is 27.2 Å². The minimum absolute atomic E-state index is 0.0131. The molecule has 0 saturated carbocycles. The van der Waals surface area contributed by atoms with E-state index < -0.39 is 5.91 Å². The highest BCUT2D eigenvalue weighted by atomic mass is 35.5. The summed E-state index contributed by atoms with van der Waals surface area (Å²) < 4.78 is 4.69. The smallest absolute Gasteiger partial charge is 0.256 e. The molecule has 0 aliphatic rings. The molecule has 0 radical (unpaired) electrons. The molecule has 27 heavy (non-hydrogen) atoms. The number of nitrogens with one attached hydrogen (secondary N) is 1. The largest absolute Gasteiger partial charge is 0.411 e. The first-order valence-corrected chi connectivity index (χ1v) is 8.08. The number of aromatic nitrogens is 2. The molecule has 3 aromatic rings. The summed E-state index contributed by atoms with van der Waals surface area (Å²) in [7, 11) is 0. The van der Waals surface area contributed by atoms with Crippen molar-refractivity contribution < 1.29 is 14.6 Å². The maximum Gasteiger partial charge on any atom is 0.256 e. The molecule has 1 amide bonds. The van der Waals surface area contributed by atoms with Crippen LogP contribution in [-0.4, -0.2) is 27.1 Å². The minimum Gasteiger partial charge on any atom is -0.411 e. The molecule has 0 spiro atoms. The highest BCUT2D eigenvalue weighted by Gasteiger charge is 2.20. The number of oxime groups is 1. The molecule has 0 fully saturated rings. The first-order valence-electron chi connectivity index (χ1n) is 7.70. The number of rotatable bonds is 5. The van der Waals surface area contributed by atoms with E-state index in [0.717, 1.165) is 5.56 Å². The molecule has 0 unspecified atom stereocenters. The highest BCUT2D eigenvalue weighted by Crippen LogP contribution is 2.18. The van der Waals surface area contributed by atoms with Gasteiger partial charge in [-0.3, -0.25) is 4.79 Å². The Morgan fingerprint density at radius 2 is 2.04 bits per heavy atom. The highest BCUT2D eigenvalue weighted by molar-refractivity contribution is 6.30. The van der Waals surface area contributed by atoms with Gasteiger partial charge in [0.15, 0.2) is 5.69 Å². The summed E-state index contributed by atoms with van der Waals surface area (Å²) in [5, 5.41) is 31.9. The third-order valence-electron chi connectivity index (χ3n) is 3.65. The van der Waals surface area contributed by atoms with Crippen LogP contribution in [0.3, 0.4) is 0 Å². The average molecular weight is 382 g/mol. The second kappa shape index (κ2) is 8.12. The van der Waals surface area contributed by atoms with Crippen molar-refractivity contribution in [3.8, 4) is 6.07 Å². The number of nitriles is 1. The Bertz CT molecular complexity index is 1040. The van der Waals surface area contributed by atoms with E-state index in [0.29, 0.717) is 16.1 Å². The van der Waals surface area contributed by atoms with Crippen LogP contribution < -0.4 is 5.32 Å². The Kier molecular flexibility index (Phi) is 5.44. The summed E-state index contributed by atoms with van der Waals surface area (Å²) in [4.78, 5) is 12.4. The number of nitrogens with zero attached hydrogens (tertiary/aromatic N) is 4. The zero-order chi connectivity index (χ0) is 19.2. The van der Waals surface area contributed by atoms with E-state index in [-0.39, 0.29) is 23.6 Å². The Hall–Kier alpha value is -3.70. The number of anilines is 1. The lowest BCUT2D eigenvalue weighted by Crippen LogP contribution is -2.16. The van der Waals surface area contributed by atoms with Crippen LogP contribution in [-0.2, 0) is 6.42 Å². The number of halogens is 1. The summed E-state index contributed by atoms with van der Waals surface area (Å²) in [5.41, 5.74) is 1.78. The van der Waals surface area contributed by atoms with Gasteiger partial charge in [-0.05, 0) is 52.3 Å². The number of hydrogen-bond donors (Lipinski definition) is 2. The van der Waals surface area contributed by atoms with Crippen molar-refractivity contribution in [1.82, 2.24) is 10.3 Å². The Morgan fingerprint density at radius 1 is 1.26 bits per heavy atom. The number of carbonyl (C=O) groups excluding carboxylic acids is 1. The van der Waals surface area contributed by atoms with Crippen molar-refractivity contribution in [2.24, 2.45) is 5.16 Å². The number of carbonyl (C=O) groups is 1. The summed E-state index contributed by atoms with van der Waals surface area (Å²) in [6.45, 7) is 0. The Balaban J connectivity index is 1.79. The molecule has 0 bridgehead atoms. The van der Waals surface area contributed by atoms with Crippen LogP contribution in [0.4, 0.5) is 5.82 Å². The fraction of sp³-hybridized carbons (Fsp3) is 0.0556. The van der Waals surface area contributed by atoms with E-state index in [2.05, 4.69) is 25.4 Å². The maximum atomic E-state index is 12.4. The summed E-state index contributed by atoms with van der Waals surface area (Å²) in [6, 6.07) is 15.1. The third kappa shape index (κ3) is 4.29. The van der Waals surface area contributed by atoms with Gasteiger partial charge in [0.05, 0.1) is 11.6 Å². The molecular weight excluding hydrogens is 370 g/mol. The van der Waals surface area contributed by atoms with Crippen molar-refractivity contribution in [2.75, 3.05) is 5.32 Å². The van der Waals surface area contributed by atoms with E-state index in [1.54, 1.807) is 24.3 Å². The lowest BCUT2D eigenvalue weighted by atomic mass is 10.1. The van der Waals surface area contributed by atoms with Crippen molar-refractivity contribution in [3.05, 3.63) is 75.9 Å². The van der Waals surface area contributed by atoms with Crippen LogP contribution >= 0.6 is 11.6 Å². The number of hydrogen-bond acceptors (Lipinski definition) is 7. The molecular formula is C18H12ClN5O3. The van der Waals surface area contributed by atoms with E-state index in [9.17, 15) is 10.0 Å². The molecule has 1 aromatic heterocycles. The van der Waals surface area contributed by atoms with Gasteiger partial charge in [0, 0.05) is 17.0 Å². The van der Waals surface area contributed by atoms with Gasteiger partial charge in [-0.25, -0.2) is 4.63 Å². The van der Waals surface area contributed by atoms with Gasteiger partial charge in [0.1, 0.15) is 5.71 Å². The van der Waals surface area contributed by atoms with Gasteiger partial charge >= 0.3 is 0 Å². The van der Waals surface area contributed by atoms with Crippen LogP contribution in [0.5, 0.6) is 0 Å². The number of amides is 1. The molecule has 0 aliphatic heterocycles. The first-order chi connectivity index (χ1) is 13.1. The number of benzene rings is 2. The zero-order valence-electron chi connectivity index (χ0n) is 13.8. The molecule has 1 heterocycles. The molecule has 0 aliphatic carbocycles. The van der Waals surface area contributed by atoms with Crippen molar-refractivity contribution in [2.45, 2.75) is 6.42 Å². The first kappa shape index (κ1) is 18.1. The predicted molar refractivity (Wildman–Crippen MR) is 96.9 cm³/mol. The van der Waals surface area contributed by atoms with E-state index in [1.165, 1.54) is 24.3 Å². The second-order valence-corrected chi connectivity index (χ2v) is 5.89. The quantitative estimate of drug-likeness (QED) is 0.397. The Labute approximate surface area is 158 Å². The van der Waals surface area contributed by atoms with Crippen LogP contribution in [0.2, 0.25) is 5.02 Å². The normalized spacial score (nSPS) is 11.0. The van der Waals surface area contributed by atoms with Crippen LogP contribution in [0.15, 0.2) is 58.3 Å². The molecule has 8 nitrogen and oxygen atoms in total. The predicted octanol–water partition coefficient (Wildman–Crippen LogP) is 3.27. The van der Waals surface area contributed by atoms with Gasteiger partial charge < -0.3 is 10.5 Å². The average Bonchev–Trinajstić information content (AvgIpc) is 3.14. The molecule has 3 rings (SSSR count). The van der Waals surface area contributed by atoms with Crippen molar-refractivity contribution in [1.29, 1.82) is 5.26 Å². The molecule has 2 aromatic carbocycles. The van der Waals surface area contributed by atoms with Gasteiger partial charge in [-0.1, -0.05) is 28.9 Å². The van der Waals surface area contributed by atoms with E-state index in [4.69, 9.17) is 16.9 Å². The molecule has 9 heteroatoms. The van der Waals surface area contributed by atoms with Crippen LogP contribution in [0.25, 0.3) is 0 Å². The van der Waals surface area contributed by atoms with E-state index >= 15 is 0 Å². The maximum absolute atomic E-state index is 12.4. The summed E-state index contributed by atoms with van der Waals surface area (Å²) in [5.74, 6) is -0.462. The van der Waals surface area contributed by atoms with Gasteiger partial charge in [-0.15, -0.1) is 0 Å². The van der Waals surface area contributed by atoms with Gasteiger partial charge in [-0.2, -0.15) is 5.26 Å². The lowest BCUT2D eigenvalue weighted by Gasteiger charge is -2.05. The standard InChI is InChI=1S/C18H12ClN5O3/c19-14-3-1-2-12(8-14)9-15(22-26)16-17(24-27-23-16)21-18(25)13-6-4-11(10-20)5-7-13/h1-8,26H,9H2,(H,21,24,25)/b22-15+. The summed E-state index contributed by atoms with van der Waals surface area (Å²) >= 11 is 5.96. The van der Waals surface area contributed by atoms with Gasteiger partial charge in [0.2, 0.25) is 5.82 Å². The van der Waals surface area contributed by atoms with E-state index in [1.807, 2.05) is 6.07 Å².